The minimum absolute atomic E-state index is 0.00553. The molecule has 1 rings (SSSR count). The lowest BCUT2D eigenvalue weighted by atomic mass is 10.0. The zero-order chi connectivity index (χ0) is 14.6. The van der Waals surface area contributed by atoms with E-state index in [1.54, 1.807) is 0 Å². The fraction of sp³-hybridized carbons (Fsp3) is 0.462. The summed E-state index contributed by atoms with van der Waals surface area (Å²) in [6, 6.07) is 2.84. The number of amides is 1. The van der Waals surface area contributed by atoms with Gasteiger partial charge in [0.25, 0.3) is 5.91 Å². The SMILES string of the molecule is COc1c(Cl)cc(C(=O)NC(C)C(C)CO)cc1Cl. The van der Waals surface area contributed by atoms with Crippen LogP contribution in [0, 0.1) is 5.92 Å². The smallest absolute Gasteiger partial charge is 0.251 e. The molecule has 0 aromatic heterocycles. The maximum atomic E-state index is 12.0. The molecule has 0 aliphatic heterocycles. The Kier molecular flexibility index (Phi) is 5.91. The number of aliphatic hydroxyl groups is 1. The van der Waals surface area contributed by atoms with Crippen molar-refractivity contribution in [3.63, 3.8) is 0 Å². The molecule has 0 saturated heterocycles. The van der Waals surface area contributed by atoms with Crippen LogP contribution in [0.15, 0.2) is 12.1 Å². The number of hydrogen-bond donors (Lipinski definition) is 2. The number of halogens is 2. The Hall–Kier alpha value is -0.970. The predicted molar refractivity (Wildman–Crippen MR) is 76.2 cm³/mol. The van der Waals surface area contributed by atoms with E-state index in [4.69, 9.17) is 33.0 Å². The molecule has 1 amide bonds. The Balaban J connectivity index is 2.89. The van der Waals surface area contributed by atoms with Crippen molar-refractivity contribution >= 4 is 29.1 Å². The fourth-order valence-corrected chi connectivity index (χ4v) is 2.12. The lowest BCUT2D eigenvalue weighted by Crippen LogP contribution is -2.38. The lowest BCUT2D eigenvalue weighted by molar-refractivity contribution is 0.0916. The summed E-state index contributed by atoms with van der Waals surface area (Å²) < 4.78 is 5.02. The van der Waals surface area contributed by atoms with Crippen molar-refractivity contribution in [1.29, 1.82) is 0 Å². The van der Waals surface area contributed by atoms with Gasteiger partial charge in [0.05, 0.1) is 17.2 Å². The molecule has 0 fully saturated rings. The van der Waals surface area contributed by atoms with Gasteiger partial charge in [-0.1, -0.05) is 30.1 Å². The standard InChI is InChI=1S/C13H17Cl2NO3/c1-7(6-17)8(2)16-13(18)9-4-10(14)12(19-3)11(15)5-9/h4-5,7-8,17H,6H2,1-3H3,(H,16,18). The number of hydrogen-bond acceptors (Lipinski definition) is 3. The van der Waals surface area contributed by atoms with Crippen molar-refractivity contribution < 1.29 is 14.6 Å². The first-order valence-corrected chi connectivity index (χ1v) is 6.61. The maximum absolute atomic E-state index is 12.0. The molecule has 1 aromatic carbocycles. The zero-order valence-electron chi connectivity index (χ0n) is 11.0. The van der Waals surface area contributed by atoms with Crippen molar-refractivity contribution in [1.82, 2.24) is 5.32 Å². The normalized spacial score (nSPS) is 13.8. The molecule has 0 heterocycles. The van der Waals surface area contributed by atoms with Gasteiger partial charge in [0.2, 0.25) is 0 Å². The van der Waals surface area contributed by atoms with Gasteiger partial charge in [0.1, 0.15) is 0 Å². The van der Waals surface area contributed by atoms with Crippen LogP contribution in [0.1, 0.15) is 24.2 Å². The summed E-state index contributed by atoms with van der Waals surface area (Å²) in [5.41, 5.74) is 0.354. The first-order chi connectivity index (χ1) is 8.90. The summed E-state index contributed by atoms with van der Waals surface area (Å²) in [7, 11) is 1.46. The summed E-state index contributed by atoms with van der Waals surface area (Å²) in [6.07, 6.45) is 0. The molecule has 4 nitrogen and oxygen atoms in total. The maximum Gasteiger partial charge on any atom is 0.251 e. The summed E-state index contributed by atoms with van der Waals surface area (Å²) in [4.78, 5) is 12.0. The number of carbonyl (C=O) groups is 1. The average Bonchev–Trinajstić information content (AvgIpc) is 2.37. The molecule has 1 aromatic rings. The quantitative estimate of drug-likeness (QED) is 0.879. The number of aliphatic hydroxyl groups excluding tert-OH is 1. The Labute approximate surface area is 122 Å². The molecule has 0 aliphatic carbocycles. The van der Waals surface area contributed by atoms with E-state index in [0.717, 1.165) is 0 Å². The van der Waals surface area contributed by atoms with Crippen molar-refractivity contribution in [2.75, 3.05) is 13.7 Å². The molecule has 6 heteroatoms. The van der Waals surface area contributed by atoms with Gasteiger partial charge in [-0.3, -0.25) is 4.79 Å². The van der Waals surface area contributed by atoms with Crippen molar-refractivity contribution in [3.05, 3.63) is 27.7 Å². The highest BCUT2D eigenvalue weighted by atomic mass is 35.5. The topological polar surface area (TPSA) is 58.6 Å². The third-order valence-electron chi connectivity index (χ3n) is 2.96. The molecule has 2 unspecified atom stereocenters. The molecular formula is C13H17Cl2NO3. The second-order valence-electron chi connectivity index (χ2n) is 4.40. The van der Waals surface area contributed by atoms with E-state index >= 15 is 0 Å². The first-order valence-electron chi connectivity index (χ1n) is 5.85. The number of carbonyl (C=O) groups excluding carboxylic acids is 1. The summed E-state index contributed by atoms with van der Waals surface area (Å²) >= 11 is 12.0. The van der Waals surface area contributed by atoms with Crippen LogP contribution in [0.2, 0.25) is 10.0 Å². The average molecular weight is 306 g/mol. The van der Waals surface area contributed by atoms with E-state index < -0.39 is 0 Å². The third-order valence-corrected chi connectivity index (χ3v) is 3.53. The number of nitrogens with one attached hydrogen (secondary N) is 1. The van der Waals surface area contributed by atoms with Gasteiger partial charge in [0, 0.05) is 18.2 Å². The number of ether oxygens (including phenoxy) is 1. The van der Waals surface area contributed by atoms with E-state index in [-0.39, 0.29) is 34.5 Å². The van der Waals surface area contributed by atoms with E-state index in [9.17, 15) is 4.79 Å². The van der Waals surface area contributed by atoms with Crippen LogP contribution < -0.4 is 10.1 Å². The molecule has 106 valence electrons. The first kappa shape index (κ1) is 16.1. The highest BCUT2D eigenvalue weighted by molar-refractivity contribution is 6.37. The van der Waals surface area contributed by atoms with Gasteiger partial charge >= 0.3 is 0 Å². The van der Waals surface area contributed by atoms with Crippen LogP contribution in [-0.2, 0) is 0 Å². The van der Waals surface area contributed by atoms with Gasteiger partial charge in [-0.25, -0.2) is 0 Å². The van der Waals surface area contributed by atoms with Gasteiger partial charge in [-0.05, 0) is 25.0 Å². The Bertz CT molecular complexity index is 442. The minimum Gasteiger partial charge on any atom is -0.494 e. The second kappa shape index (κ2) is 6.98. The largest absolute Gasteiger partial charge is 0.494 e. The number of rotatable bonds is 5. The van der Waals surface area contributed by atoms with E-state index in [1.807, 2.05) is 13.8 Å². The Morgan fingerprint density at radius 1 is 1.37 bits per heavy atom. The molecule has 2 atom stereocenters. The lowest BCUT2D eigenvalue weighted by Gasteiger charge is -2.19. The zero-order valence-corrected chi connectivity index (χ0v) is 12.5. The van der Waals surface area contributed by atoms with Crippen LogP contribution >= 0.6 is 23.2 Å². The van der Waals surface area contributed by atoms with Gasteiger partial charge in [-0.2, -0.15) is 0 Å². The molecule has 0 spiro atoms. The highest BCUT2D eigenvalue weighted by Gasteiger charge is 2.17. The van der Waals surface area contributed by atoms with E-state index in [2.05, 4.69) is 5.32 Å². The Morgan fingerprint density at radius 3 is 2.32 bits per heavy atom. The highest BCUT2D eigenvalue weighted by Crippen LogP contribution is 2.33. The number of methoxy groups -OCH3 is 1. The minimum atomic E-state index is -0.292. The van der Waals surface area contributed by atoms with Gasteiger partial charge < -0.3 is 15.2 Å². The van der Waals surface area contributed by atoms with E-state index in [1.165, 1.54) is 19.2 Å². The monoisotopic (exact) mass is 305 g/mol. The molecule has 2 N–H and O–H groups in total. The molecule has 0 saturated carbocycles. The molecule has 0 aliphatic rings. The molecule has 0 bridgehead atoms. The van der Waals surface area contributed by atoms with Crippen molar-refractivity contribution in [2.45, 2.75) is 19.9 Å². The molecule has 19 heavy (non-hydrogen) atoms. The second-order valence-corrected chi connectivity index (χ2v) is 5.21. The van der Waals surface area contributed by atoms with Crippen LogP contribution in [0.5, 0.6) is 5.75 Å². The van der Waals surface area contributed by atoms with Crippen molar-refractivity contribution in [2.24, 2.45) is 5.92 Å². The fourth-order valence-electron chi connectivity index (χ4n) is 1.48. The van der Waals surface area contributed by atoms with Crippen LogP contribution in [0.4, 0.5) is 0 Å². The van der Waals surface area contributed by atoms with Crippen molar-refractivity contribution in [3.8, 4) is 5.75 Å². The Morgan fingerprint density at radius 2 is 1.89 bits per heavy atom. The predicted octanol–water partition coefficient (Wildman–Crippen LogP) is 2.75. The van der Waals surface area contributed by atoms with Crippen LogP contribution in [-0.4, -0.2) is 30.8 Å². The summed E-state index contributed by atoms with van der Waals surface area (Å²) in [5, 5.41) is 12.4. The van der Waals surface area contributed by atoms with Gasteiger partial charge in [-0.15, -0.1) is 0 Å². The van der Waals surface area contributed by atoms with Crippen LogP contribution in [0.25, 0.3) is 0 Å². The number of benzene rings is 1. The van der Waals surface area contributed by atoms with Crippen LogP contribution in [0.3, 0.4) is 0 Å². The summed E-state index contributed by atoms with van der Waals surface area (Å²) in [6.45, 7) is 3.68. The molecule has 0 radical (unpaired) electrons. The van der Waals surface area contributed by atoms with E-state index in [0.29, 0.717) is 11.3 Å². The summed E-state index contributed by atoms with van der Waals surface area (Å²) in [5.74, 6) is 0.0176. The third kappa shape index (κ3) is 4.00. The van der Waals surface area contributed by atoms with Gasteiger partial charge in [0.15, 0.2) is 5.75 Å². The molecular weight excluding hydrogens is 289 g/mol.